The molecule has 2 heterocycles. The summed E-state index contributed by atoms with van der Waals surface area (Å²) in [6.07, 6.45) is 5.62. The zero-order chi connectivity index (χ0) is 12.8. The maximum Gasteiger partial charge on any atom is 0.305 e. The molecular weight excluding hydrogens is 222 g/mol. The molecule has 2 aromatic rings. The minimum absolute atomic E-state index is 0.129. The van der Waals surface area contributed by atoms with Crippen LogP contribution < -0.4 is 0 Å². The molecule has 0 amide bonds. The molecule has 2 rings (SSSR count). The molecule has 0 aliphatic heterocycles. The highest BCUT2D eigenvalue weighted by Gasteiger charge is 2.07. The number of nitro groups is 1. The summed E-state index contributed by atoms with van der Waals surface area (Å²) in [4.78, 5) is 21.5. The van der Waals surface area contributed by atoms with Crippen molar-refractivity contribution in [3.05, 3.63) is 40.7 Å². The number of aromatic nitrogens is 4. The number of hydrogen-bond donors (Lipinski definition) is 0. The lowest BCUT2D eigenvalue weighted by Gasteiger charge is -1.97. The maximum absolute atomic E-state index is 10.4. The summed E-state index contributed by atoms with van der Waals surface area (Å²) in [7, 11) is 0. The molecule has 0 bridgehead atoms. The van der Waals surface area contributed by atoms with Crippen LogP contribution in [0.2, 0.25) is 0 Å². The van der Waals surface area contributed by atoms with Crippen LogP contribution in [0.25, 0.3) is 5.95 Å². The van der Waals surface area contributed by atoms with E-state index in [1.807, 2.05) is 20.8 Å². The third-order valence-electron chi connectivity index (χ3n) is 1.78. The van der Waals surface area contributed by atoms with Crippen molar-refractivity contribution in [1.82, 2.24) is 19.5 Å². The Labute approximate surface area is 98.3 Å². The monoisotopic (exact) mass is 235 g/mol. The molecule has 0 saturated carbocycles. The Morgan fingerprint density at radius 1 is 1.24 bits per heavy atom. The summed E-state index contributed by atoms with van der Waals surface area (Å²) in [5.74, 6) is 0.362. The predicted molar refractivity (Wildman–Crippen MR) is 61.9 cm³/mol. The Hall–Kier alpha value is -2.31. The summed E-state index contributed by atoms with van der Waals surface area (Å²) < 4.78 is 1.60. The van der Waals surface area contributed by atoms with Gasteiger partial charge in [0.1, 0.15) is 18.7 Å². The Bertz CT molecular complexity index is 492. The van der Waals surface area contributed by atoms with Gasteiger partial charge in [-0.05, 0) is 6.92 Å². The van der Waals surface area contributed by atoms with E-state index in [-0.39, 0.29) is 5.69 Å². The molecule has 0 spiro atoms. The van der Waals surface area contributed by atoms with E-state index in [0.29, 0.717) is 5.95 Å². The smallest absolute Gasteiger partial charge is 0.274 e. The van der Waals surface area contributed by atoms with Crippen LogP contribution in [0.15, 0.2) is 24.9 Å². The van der Waals surface area contributed by atoms with Crippen LogP contribution in [0, 0.1) is 17.0 Å². The van der Waals surface area contributed by atoms with Crippen molar-refractivity contribution < 1.29 is 4.92 Å². The van der Waals surface area contributed by atoms with Crippen LogP contribution in [-0.2, 0) is 0 Å². The molecule has 0 aliphatic carbocycles. The highest BCUT2D eigenvalue weighted by molar-refractivity contribution is 5.25. The van der Waals surface area contributed by atoms with Gasteiger partial charge in [0.15, 0.2) is 0 Å². The second-order valence-corrected chi connectivity index (χ2v) is 2.92. The van der Waals surface area contributed by atoms with Crippen LogP contribution >= 0.6 is 0 Å². The van der Waals surface area contributed by atoms with Crippen LogP contribution in [0.4, 0.5) is 5.69 Å². The van der Waals surface area contributed by atoms with E-state index in [4.69, 9.17) is 0 Å². The van der Waals surface area contributed by atoms with Crippen molar-refractivity contribution in [2.75, 3.05) is 0 Å². The number of aryl methyl sites for hydroxylation is 1. The second-order valence-electron chi connectivity index (χ2n) is 2.92. The molecular formula is C10H13N5O2. The van der Waals surface area contributed by atoms with E-state index in [1.165, 1.54) is 0 Å². The highest BCUT2D eigenvalue weighted by atomic mass is 16.6. The van der Waals surface area contributed by atoms with Crippen molar-refractivity contribution in [1.29, 1.82) is 0 Å². The van der Waals surface area contributed by atoms with Crippen LogP contribution in [-0.4, -0.2) is 24.4 Å². The van der Waals surface area contributed by atoms with Crippen LogP contribution in [0.5, 0.6) is 0 Å². The molecule has 0 fully saturated rings. The molecule has 0 unspecified atom stereocenters. The Kier molecular flexibility index (Phi) is 4.27. The standard InChI is InChI=1S/C8H7N5O2.C2H6/c1-6-4-12(5-11-6)8-9-2-7(3-10-8)13(14)15;1-2/h2-5H,1H3;1-2H3. The van der Waals surface area contributed by atoms with Gasteiger partial charge < -0.3 is 0 Å². The topological polar surface area (TPSA) is 86.7 Å². The van der Waals surface area contributed by atoms with E-state index in [2.05, 4.69) is 15.0 Å². The minimum atomic E-state index is -0.539. The van der Waals surface area contributed by atoms with Crippen LogP contribution in [0.1, 0.15) is 19.5 Å². The second kappa shape index (κ2) is 5.69. The lowest BCUT2D eigenvalue weighted by molar-refractivity contribution is -0.385. The van der Waals surface area contributed by atoms with E-state index < -0.39 is 4.92 Å². The maximum atomic E-state index is 10.4. The van der Waals surface area contributed by atoms with E-state index in [0.717, 1.165) is 18.1 Å². The van der Waals surface area contributed by atoms with Gasteiger partial charge in [-0.2, -0.15) is 0 Å². The molecule has 2 aromatic heterocycles. The van der Waals surface area contributed by atoms with Gasteiger partial charge in [-0.15, -0.1) is 0 Å². The third kappa shape index (κ3) is 3.07. The van der Waals surface area contributed by atoms with Gasteiger partial charge in [-0.3, -0.25) is 14.7 Å². The van der Waals surface area contributed by atoms with Crippen molar-refractivity contribution >= 4 is 5.69 Å². The molecule has 0 aliphatic rings. The SMILES string of the molecule is CC.Cc1cn(-c2ncc([N+](=O)[O-])cn2)cn1. The van der Waals surface area contributed by atoms with Gasteiger partial charge in [0.2, 0.25) is 5.95 Å². The number of rotatable bonds is 2. The van der Waals surface area contributed by atoms with Crippen molar-refractivity contribution in [2.24, 2.45) is 0 Å². The van der Waals surface area contributed by atoms with Gasteiger partial charge in [0.25, 0.3) is 0 Å². The Morgan fingerprint density at radius 2 is 1.82 bits per heavy atom. The molecule has 0 N–H and O–H groups in total. The normalized spacial score (nSPS) is 9.35. The van der Waals surface area contributed by atoms with Crippen molar-refractivity contribution in [3.8, 4) is 5.95 Å². The first-order valence-corrected chi connectivity index (χ1v) is 5.14. The molecule has 17 heavy (non-hydrogen) atoms. The molecule has 7 heteroatoms. The first-order valence-electron chi connectivity index (χ1n) is 5.14. The van der Waals surface area contributed by atoms with E-state index in [9.17, 15) is 10.1 Å². The van der Waals surface area contributed by atoms with Crippen molar-refractivity contribution in [2.45, 2.75) is 20.8 Å². The van der Waals surface area contributed by atoms with E-state index >= 15 is 0 Å². The number of imidazole rings is 1. The fourth-order valence-corrected chi connectivity index (χ4v) is 1.07. The van der Waals surface area contributed by atoms with Crippen molar-refractivity contribution in [3.63, 3.8) is 0 Å². The van der Waals surface area contributed by atoms with Gasteiger partial charge in [0, 0.05) is 6.20 Å². The summed E-state index contributed by atoms with van der Waals surface area (Å²) >= 11 is 0. The summed E-state index contributed by atoms with van der Waals surface area (Å²) in [6.45, 7) is 5.84. The largest absolute Gasteiger partial charge is 0.305 e. The molecule has 0 aromatic carbocycles. The average Bonchev–Trinajstić information content (AvgIpc) is 2.79. The quantitative estimate of drug-likeness (QED) is 0.586. The predicted octanol–water partition coefficient (Wildman–Crippen LogP) is 1.91. The molecule has 7 nitrogen and oxygen atoms in total. The van der Waals surface area contributed by atoms with Gasteiger partial charge in [-0.1, -0.05) is 13.8 Å². The van der Waals surface area contributed by atoms with Crippen LogP contribution in [0.3, 0.4) is 0 Å². The molecule has 90 valence electrons. The number of nitrogens with zero attached hydrogens (tertiary/aromatic N) is 5. The van der Waals surface area contributed by atoms with Gasteiger partial charge >= 0.3 is 5.69 Å². The Balaban J connectivity index is 0.000000686. The molecule has 0 atom stereocenters. The summed E-state index contributed by atoms with van der Waals surface area (Å²) in [6, 6.07) is 0. The molecule has 0 saturated heterocycles. The lowest BCUT2D eigenvalue weighted by atomic mass is 10.5. The minimum Gasteiger partial charge on any atom is -0.274 e. The van der Waals surface area contributed by atoms with Gasteiger partial charge in [0.05, 0.1) is 10.6 Å². The average molecular weight is 235 g/mol. The first kappa shape index (κ1) is 12.8. The lowest BCUT2D eigenvalue weighted by Crippen LogP contribution is -1.99. The molecule has 0 radical (unpaired) electrons. The third-order valence-corrected chi connectivity index (χ3v) is 1.78. The van der Waals surface area contributed by atoms with Gasteiger partial charge in [-0.25, -0.2) is 15.0 Å². The summed E-state index contributed by atoms with van der Waals surface area (Å²) in [5, 5.41) is 10.4. The fourth-order valence-electron chi connectivity index (χ4n) is 1.07. The first-order chi connectivity index (χ1) is 8.16. The summed E-state index contributed by atoms with van der Waals surface area (Å²) in [5.41, 5.74) is 0.701. The highest BCUT2D eigenvalue weighted by Crippen LogP contribution is 2.08. The fraction of sp³-hybridized carbons (Fsp3) is 0.300. The zero-order valence-electron chi connectivity index (χ0n) is 9.86. The Morgan fingerprint density at radius 3 is 2.24 bits per heavy atom. The zero-order valence-corrected chi connectivity index (χ0v) is 9.86. The number of hydrogen-bond acceptors (Lipinski definition) is 5. The van der Waals surface area contributed by atoms with E-state index in [1.54, 1.807) is 17.1 Å².